The zero-order valence-corrected chi connectivity index (χ0v) is 15.3. The third-order valence-electron chi connectivity index (χ3n) is 4.51. The van der Waals surface area contributed by atoms with Crippen molar-refractivity contribution in [2.45, 2.75) is 39.0 Å². The Labute approximate surface area is 154 Å². The number of hydrogen-bond donors (Lipinski definition) is 0. The second kappa shape index (κ2) is 8.81. The van der Waals surface area contributed by atoms with Crippen LogP contribution in [0.5, 0.6) is 5.75 Å². The van der Waals surface area contributed by atoms with Gasteiger partial charge in [0, 0.05) is 31.1 Å². The van der Waals surface area contributed by atoms with Crippen molar-refractivity contribution < 1.29 is 14.0 Å². The van der Waals surface area contributed by atoms with Gasteiger partial charge in [0.25, 0.3) is 0 Å². The highest BCUT2D eigenvalue weighted by Gasteiger charge is 2.25. The van der Waals surface area contributed by atoms with Crippen LogP contribution in [0.15, 0.2) is 53.7 Å². The first kappa shape index (κ1) is 18.4. The Morgan fingerprint density at radius 1 is 1.23 bits per heavy atom. The third kappa shape index (κ3) is 5.05. The minimum absolute atomic E-state index is 0.133. The van der Waals surface area contributed by atoms with Gasteiger partial charge in [0.1, 0.15) is 24.3 Å². The van der Waals surface area contributed by atoms with Gasteiger partial charge in [0.2, 0.25) is 0 Å². The van der Waals surface area contributed by atoms with Gasteiger partial charge in [-0.05, 0) is 43.7 Å². The van der Waals surface area contributed by atoms with E-state index in [9.17, 15) is 4.39 Å². The average Bonchev–Trinajstić information content (AvgIpc) is 3.10. The molecule has 0 aliphatic carbocycles. The van der Waals surface area contributed by atoms with Crippen molar-refractivity contribution in [1.82, 2.24) is 4.90 Å². The van der Waals surface area contributed by atoms with Crippen molar-refractivity contribution in [1.29, 1.82) is 0 Å². The molecule has 1 atom stereocenters. The number of halogens is 1. The number of nitrogens with zero attached hydrogens (tertiary/aromatic N) is 2. The second-order valence-electron chi connectivity index (χ2n) is 6.80. The SMILES string of the molecule is CC(C)N1CCC(O/N=C/c2ccccc2OCc2cccc(F)c2)C1. The summed E-state index contributed by atoms with van der Waals surface area (Å²) >= 11 is 0. The van der Waals surface area contributed by atoms with Crippen LogP contribution in [0.4, 0.5) is 4.39 Å². The molecule has 0 N–H and O–H groups in total. The molecule has 0 radical (unpaired) electrons. The summed E-state index contributed by atoms with van der Waals surface area (Å²) in [5, 5.41) is 4.16. The van der Waals surface area contributed by atoms with Gasteiger partial charge < -0.3 is 9.57 Å². The van der Waals surface area contributed by atoms with E-state index in [1.54, 1.807) is 12.3 Å². The molecule has 1 unspecified atom stereocenters. The number of ether oxygens (including phenoxy) is 1. The number of oxime groups is 1. The number of para-hydroxylation sites is 1. The predicted octanol–water partition coefficient (Wildman–Crippen LogP) is 4.24. The zero-order chi connectivity index (χ0) is 18.4. The molecule has 3 rings (SSSR count). The lowest BCUT2D eigenvalue weighted by atomic mass is 10.2. The van der Waals surface area contributed by atoms with Crippen molar-refractivity contribution in [2.75, 3.05) is 13.1 Å². The van der Waals surface area contributed by atoms with E-state index in [1.165, 1.54) is 12.1 Å². The molecule has 1 aliphatic rings. The van der Waals surface area contributed by atoms with Crippen molar-refractivity contribution in [3.8, 4) is 5.75 Å². The fourth-order valence-corrected chi connectivity index (χ4v) is 2.99. The van der Waals surface area contributed by atoms with Crippen molar-refractivity contribution >= 4 is 6.21 Å². The van der Waals surface area contributed by atoms with Crippen LogP contribution in [0, 0.1) is 5.82 Å². The topological polar surface area (TPSA) is 34.1 Å². The highest BCUT2D eigenvalue weighted by molar-refractivity contribution is 5.83. The van der Waals surface area contributed by atoms with Gasteiger partial charge in [-0.15, -0.1) is 0 Å². The molecule has 1 heterocycles. The standard InChI is InChI=1S/C21H25FN2O2/c1-16(2)24-11-10-20(14-24)26-23-13-18-7-3-4-9-21(18)25-15-17-6-5-8-19(22)12-17/h3-9,12-13,16,20H,10-11,14-15H2,1-2H3/b23-13+. The van der Waals surface area contributed by atoms with Crippen LogP contribution in [0.1, 0.15) is 31.4 Å². The number of benzene rings is 2. The first-order valence-corrected chi connectivity index (χ1v) is 9.01. The first-order chi connectivity index (χ1) is 12.6. The number of hydrogen-bond acceptors (Lipinski definition) is 4. The fraction of sp³-hybridized carbons (Fsp3) is 0.381. The van der Waals surface area contributed by atoms with Gasteiger partial charge in [0.15, 0.2) is 0 Å². The molecular formula is C21H25FN2O2. The molecule has 2 aromatic rings. The van der Waals surface area contributed by atoms with Crippen molar-refractivity contribution in [2.24, 2.45) is 5.16 Å². The number of likely N-dealkylation sites (tertiary alicyclic amines) is 1. The Bertz CT molecular complexity index is 748. The Kier molecular flexibility index (Phi) is 6.23. The molecule has 138 valence electrons. The summed E-state index contributed by atoms with van der Waals surface area (Å²) in [7, 11) is 0. The van der Waals surface area contributed by atoms with E-state index >= 15 is 0 Å². The Balaban J connectivity index is 1.57. The lowest BCUT2D eigenvalue weighted by Crippen LogP contribution is -2.29. The summed E-state index contributed by atoms with van der Waals surface area (Å²) in [5.41, 5.74) is 1.62. The molecule has 0 spiro atoms. The smallest absolute Gasteiger partial charge is 0.141 e. The largest absolute Gasteiger partial charge is 0.488 e. The van der Waals surface area contributed by atoms with E-state index < -0.39 is 0 Å². The summed E-state index contributed by atoms with van der Waals surface area (Å²) in [5.74, 6) is 0.431. The third-order valence-corrected chi connectivity index (χ3v) is 4.51. The molecule has 5 heteroatoms. The summed E-state index contributed by atoms with van der Waals surface area (Å²) in [4.78, 5) is 8.03. The lowest BCUT2D eigenvalue weighted by Gasteiger charge is -2.19. The monoisotopic (exact) mass is 356 g/mol. The maximum absolute atomic E-state index is 13.3. The minimum atomic E-state index is -0.263. The van der Waals surface area contributed by atoms with Crippen LogP contribution in [0.3, 0.4) is 0 Å². The Morgan fingerprint density at radius 3 is 2.85 bits per heavy atom. The van der Waals surface area contributed by atoms with Gasteiger partial charge in [-0.2, -0.15) is 0 Å². The average molecular weight is 356 g/mol. The molecule has 26 heavy (non-hydrogen) atoms. The van der Waals surface area contributed by atoms with Gasteiger partial charge in [-0.3, -0.25) is 4.90 Å². The normalized spacial score (nSPS) is 17.9. The molecule has 0 aromatic heterocycles. The van der Waals surface area contributed by atoms with Gasteiger partial charge in [-0.1, -0.05) is 29.4 Å². The maximum Gasteiger partial charge on any atom is 0.141 e. The van der Waals surface area contributed by atoms with E-state index in [0.29, 0.717) is 18.4 Å². The molecule has 1 fully saturated rings. The van der Waals surface area contributed by atoms with Crippen LogP contribution in [-0.2, 0) is 11.4 Å². The van der Waals surface area contributed by atoms with E-state index in [0.717, 1.165) is 30.6 Å². The zero-order valence-electron chi connectivity index (χ0n) is 15.3. The molecule has 4 nitrogen and oxygen atoms in total. The highest BCUT2D eigenvalue weighted by atomic mass is 19.1. The van der Waals surface area contributed by atoms with Crippen LogP contribution in [0.2, 0.25) is 0 Å². The number of rotatable bonds is 7. The first-order valence-electron chi connectivity index (χ1n) is 9.01. The van der Waals surface area contributed by atoms with Crippen LogP contribution >= 0.6 is 0 Å². The molecular weight excluding hydrogens is 331 g/mol. The lowest BCUT2D eigenvalue weighted by molar-refractivity contribution is 0.0634. The van der Waals surface area contributed by atoms with Gasteiger partial charge in [0.05, 0.1) is 6.21 Å². The van der Waals surface area contributed by atoms with E-state index in [-0.39, 0.29) is 11.9 Å². The van der Waals surface area contributed by atoms with Crippen LogP contribution in [-0.4, -0.2) is 36.3 Å². The van der Waals surface area contributed by atoms with Gasteiger partial charge in [-0.25, -0.2) is 4.39 Å². The molecule has 1 saturated heterocycles. The quantitative estimate of drug-likeness (QED) is 0.550. The maximum atomic E-state index is 13.3. The predicted molar refractivity (Wildman–Crippen MR) is 101 cm³/mol. The molecule has 0 amide bonds. The Hall–Kier alpha value is -2.40. The van der Waals surface area contributed by atoms with Crippen molar-refractivity contribution in [3.63, 3.8) is 0 Å². The van der Waals surface area contributed by atoms with Crippen molar-refractivity contribution in [3.05, 3.63) is 65.5 Å². The molecule has 0 bridgehead atoms. The summed E-state index contributed by atoms with van der Waals surface area (Å²) in [6.07, 6.45) is 2.81. The van der Waals surface area contributed by atoms with Gasteiger partial charge >= 0.3 is 0 Å². The summed E-state index contributed by atoms with van der Waals surface area (Å²) in [6.45, 7) is 6.64. The van der Waals surface area contributed by atoms with Crippen LogP contribution in [0.25, 0.3) is 0 Å². The second-order valence-corrected chi connectivity index (χ2v) is 6.80. The van der Waals surface area contributed by atoms with E-state index in [1.807, 2.05) is 30.3 Å². The van der Waals surface area contributed by atoms with E-state index in [4.69, 9.17) is 9.57 Å². The summed E-state index contributed by atoms with van der Waals surface area (Å²) in [6, 6.07) is 14.6. The van der Waals surface area contributed by atoms with Crippen LogP contribution < -0.4 is 4.74 Å². The highest BCUT2D eigenvalue weighted by Crippen LogP contribution is 2.19. The Morgan fingerprint density at radius 2 is 2.08 bits per heavy atom. The van der Waals surface area contributed by atoms with E-state index in [2.05, 4.69) is 23.9 Å². The molecule has 2 aromatic carbocycles. The molecule has 1 aliphatic heterocycles. The fourth-order valence-electron chi connectivity index (χ4n) is 2.99. The minimum Gasteiger partial charge on any atom is -0.488 e. The summed E-state index contributed by atoms with van der Waals surface area (Å²) < 4.78 is 19.1. The molecule has 0 saturated carbocycles.